The fourth-order valence-corrected chi connectivity index (χ4v) is 1.51. The summed E-state index contributed by atoms with van der Waals surface area (Å²) in [5, 5.41) is 8.72. The van der Waals surface area contributed by atoms with Gasteiger partial charge in [0, 0.05) is 18.9 Å². The van der Waals surface area contributed by atoms with Crippen molar-refractivity contribution in [2.24, 2.45) is 0 Å². The van der Waals surface area contributed by atoms with Crippen LogP contribution in [0.4, 0.5) is 0 Å². The van der Waals surface area contributed by atoms with Gasteiger partial charge >= 0.3 is 5.97 Å². The van der Waals surface area contributed by atoms with Gasteiger partial charge in [-0.05, 0) is 18.1 Å². The Morgan fingerprint density at radius 3 is 2.76 bits per heavy atom. The molecule has 0 fully saturated rings. The van der Waals surface area contributed by atoms with Crippen molar-refractivity contribution in [3.63, 3.8) is 0 Å². The molecule has 0 unspecified atom stereocenters. The zero-order valence-corrected chi connectivity index (χ0v) is 9.80. The first-order valence-electron chi connectivity index (χ1n) is 5.52. The minimum atomic E-state index is -0.988. The lowest BCUT2D eigenvalue weighted by Crippen LogP contribution is -2.37. The number of rotatable bonds is 6. The van der Waals surface area contributed by atoms with E-state index < -0.39 is 5.97 Å². The summed E-state index contributed by atoms with van der Waals surface area (Å²) in [5.41, 5.74) is 0.795. The van der Waals surface area contributed by atoms with Crippen LogP contribution < -0.4 is 0 Å². The molecule has 1 aromatic rings. The molecule has 0 spiro atoms. The first-order valence-corrected chi connectivity index (χ1v) is 5.52. The van der Waals surface area contributed by atoms with Gasteiger partial charge in [-0.2, -0.15) is 0 Å². The Balaban J connectivity index is 2.62. The molecule has 0 saturated carbocycles. The fourth-order valence-electron chi connectivity index (χ4n) is 1.51. The van der Waals surface area contributed by atoms with Crippen LogP contribution in [0.25, 0.3) is 0 Å². The van der Waals surface area contributed by atoms with Crippen molar-refractivity contribution in [3.8, 4) is 0 Å². The smallest absolute Gasteiger partial charge is 0.323 e. The average molecular weight is 236 g/mol. The van der Waals surface area contributed by atoms with Gasteiger partial charge in [0.25, 0.3) is 0 Å². The predicted molar refractivity (Wildman–Crippen MR) is 62.4 cm³/mol. The Morgan fingerprint density at radius 1 is 1.47 bits per heavy atom. The molecule has 1 rings (SSSR count). The molecule has 0 atom stereocenters. The minimum Gasteiger partial charge on any atom is -0.480 e. The third kappa shape index (κ3) is 4.63. The zero-order valence-electron chi connectivity index (χ0n) is 9.80. The Labute approximate surface area is 100 Å². The second-order valence-corrected chi connectivity index (χ2v) is 3.75. The maximum atomic E-state index is 11.9. The maximum Gasteiger partial charge on any atom is 0.323 e. The van der Waals surface area contributed by atoms with Gasteiger partial charge in [-0.15, -0.1) is 0 Å². The second-order valence-electron chi connectivity index (χ2n) is 3.75. The summed E-state index contributed by atoms with van der Waals surface area (Å²) >= 11 is 0. The number of amides is 1. The molecule has 92 valence electrons. The molecule has 1 amide bonds. The number of aromatic nitrogens is 1. The normalized spacial score (nSPS) is 9.94. The standard InChI is InChI=1S/C12H16N2O3/c1-2-6-14(9-12(16)17)11(15)7-10-4-3-5-13-8-10/h3-5,8H,2,6-7,9H2,1H3,(H,16,17). The van der Waals surface area contributed by atoms with Crippen molar-refractivity contribution in [1.29, 1.82) is 0 Å². The highest BCUT2D eigenvalue weighted by Gasteiger charge is 2.15. The Hall–Kier alpha value is -1.91. The van der Waals surface area contributed by atoms with E-state index in [0.717, 1.165) is 12.0 Å². The molecule has 0 aliphatic rings. The van der Waals surface area contributed by atoms with Crippen LogP contribution in [0, 0.1) is 0 Å². The highest BCUT2D eigenvalue weighted by Crippen LogP contribution is 2.02. The lowest BCUT2D eigenvalue weighted by molar-refractivity contribution is -0.144. The summed E-state index contributed by atoms with van der Waals surface area (Å²) in [4.78, 5) is 27.8. The van der Waals surface area contributed by atoms with Gasteiger partial charge in [-0.25, -0.2) is 0 Å². The number of carboxylic acids is 1. The summed E-state index contributed by atoms with van der Waals surface area (Å²) in [6, 6.07) is 3.56. The summed E-state index contributed by atoms with van der Waals surface area (Å²) in [6.45, 7) is 2.13. The molecule has 1 aromatic heterocycles. The van der Waals surface area contributed by atoms with Gasteiger partial charge in [-0.3, -0.25) is 14.6 Å². The van der Waals surface area contributed by atoms with Gasteiger partial charge in [0.05, 0.1) is 6.42 Å². The summed E-state index contributed by atoms with van der Waals surface area (Å²) in [6.07, 6.45) is 4.19. The number of aliphatic carboxylic acids is 1. The van der Waals surface area contributed by atoms with E-state index in [2.05, 4.69) is 4.98 Å². The monoisotopic (exact) mass is 236 g/mol. The van der Waals surface area contributed by atoms with E-state index in [1.807, 2.05) is 6.92 Å². The molecule has 5 nitrogen and oxygen atoms in total. The molecule has 5 heteroatoms. The van der Waals surface area contributed by atoms with E-state index in [1.165, 1.54) is 4.90 Å². The molecule has 1 heterocycles. The number of carbonyl (C=O) groups is 2. The summed E-state index contributed by atoms with van der Waals surface area (Å²) in [7, 11) is 0. The summed E-state index contributed by atoms with van der Waals surface area (Å²) in [5.74, 6) is -1.17. The molecule has 17 heavy (non-hydrogen) atoms. The van der Waals surface area contributed by atoms with Crippen molar-refractivity contribution in [3.05, 3.63) is 30.1 Å². The number of pyridine rings is 1. The van der Waals surface area contributed by atoms with Crippen molar-refractivity contribution in [2.45, 2.75) is 19.8 Å². The molecule has 0 aliphatic carbocycles. The van der Waals surface area contributed by atoms with Gasteiger partial charge in [0.1, 0.15) is 6.54 Å². The van der Waals surface area contributed by atoms with Crippen molar-refractivity contribution >= 4 is 11.9 Å². The molecule has 1 N–H and O–H groups in total. The van der Waals surface area contributed by atoms with Crippen LogP contribution in [0.2, 0.25) is 0 Å². The van der Waals surface area contributed by atoms with Crippen LogP contribution in [0.15, 0.2) is 24.5 Å². The number of carboxylic acid groups (broad SMARTS) is 1. The van der Waals surface area contributed by atoms with Crippen molar-refractivity contribution in [1.82, 2.24) is 9.88 Å². The molecule has 0 bridgehead atoms. The van der Waals surface area contributed by atoms with E-state index >= 15 is 0 Å². The van der Waals surface area contributed by atoms with Crippen molar-refractivity contribution < 1.29 is 14.7 Å². The molecule has 0 aliphatic heterocycles. The van der Waals surface area contributed by atoms with Crippen LogP contribution in [-0.2, 0) is 16.0 Å². The van der Waals surface area contributed by atoms with E-state index in [9.17, 15) is 9.59 Å². The first-order chi connectivity index (χ1) is 8.13. The quantitative estimate of drug-likeness (QED) is 0.798. The van der Waals surface area contributed by atoms with Crippen molar-refractivity contribution in [2.75, 3.05) is 13.1 Å². The SMILES string of the molecule is CCCN(CC(=O)O)C(=O)Cc1cccnc1. The highest BCUT2D eigenvalue weighted by molar-refractivity contribution is 5.82. The summed E-state index contributed by atoms with van der Waals surface area (Å²) < 4.78 is 0. The number of hydrogen-bond donors (Lipinski definition) is 1. The minimum absolute atomic E-state index is 0.178. The molecular formula is C12H16N2O3. The van der Waals surface area contributed by atoms with E-state index in [0.29, 0.717) is 6.54 Å². The third-order valence-electron chi connectivity index (χ3n) is 2.25. The van der Waals surface area contributed by atoms with E-state index in [-0.39, 0.29) is 18.9 Å². The van der Waals surface area contributed by atoms with Crippen LogP contribution in [-0.4, -0.2) is 40.0 Å². The number of nitrogens with zero attached hydrogens (tertiary/aromatic N) is 2. The molecular weight excluding hydrogens is 220 g/mol. The van der Waals surface area contributed by atoms with Gasteiger partial charge in [-0.1, -0.05) is 13.0 Å². The topological polar surface area (TPSA) is 70.5 Å². The second kappa shape index (κ2) is 6.62. The fraction of sp³-hybridized carbons (Fsp3) is 0.417. The largest absolute Gasteiger partial charge is 0.480 e. The lowest BCUT2D eigenvalue weighted by atomic mass is 10.2. The lowest BCUT2D eigenvalue weighted by Gasteiger charge is -2.19. The molecule has 0 saturated heterocycles. The Kier molecular flexibility index (Phi) is 5.13. The zero-order chi connectivity index (χ0) is 12.7. The first kappa shape index (κ1) is 13.2. The third-order valence-corrected chi connectivity index (χ3v) is 2.25. The van der Waals surface area contributed by atoms with E-state index in [4.69, 9.17) is 5.11 Å². The van der Waals surface area contributed by atoms with Gasteiger partial charge in [0.15, 0.2) is 0 Å². The molecule has 0 aromatic carbocycles. The predicted octanol–water partition coefficient (Wildman–Crippen LogP) is 0.947. The van der Waals surface area contributed by atoms with Gasteiger partial charge < -0.3 is 10.0 Å². The maximum absolute atomic E-state index is 11.9. The van der Waals surface area contributed by atoms with Crippen LogP contribution in [0.3, 0.4) is 0 Å². The highest BCUT2D eigenvalue weighted by atomic mass is 16.4. The average Bonchev–Trinajstić information content (AvgIpc) is 2.29. The van der Waals surface area contributed by atoms with Gasteiger partial charge in [0.2, 0.25) is 5.91 Å². The van der Waals surface area contributed by atoms with Crippen LogP contribution in [0.1, 0.15) is 18.9 Å². The van der Waals surface area contributed by atoms with Crippen LogP contribution in [0.5, 0.6) is 0 Å². The Morgan fingerprint density at radius 2 is 2.24 bits per heavy atom. The Bertz CT molecular complexity index is 379. The number of carbonyl (C=O) groups excluding carboxylic acids is 1. The van der Waals surface area contributed by atoms with Crippen LogP contribution >= 0.6 is 0 Å². The van der Waals surface area contributed by atoms with E-state index in [1.54, 1.807) is 24.5 Å². The number of hydrogen-bond acceptors (Lipinski definition) is 3. The molecule has 0 radical (unpaired) electrons.